The summed E-state index contributed by atoms with van der Waals surface area (Å²) in [5.41, 5.74) is 0. The Morgan fingerprint density at radius 1 is 1.15 bits per heavy atom. The number of carbonyl (C=O) groups is 4. The smallest absolute Gasteiger partial charge is 0.327 e. The van der Waals surface area contributed by atoms with Crippen molar-refractivity contribution in [2.45, 2.75) is 75.6 Å². The van der Waals surface area contributed by atoms with Crippen LogP contribution in [0.2, 0.25) is 0 Å². The molecule has 4 aliphatic rings. The van der Waals surface area contributed by atoms with Gasteiger partial charge in [0.2, 0.25) is 17.7 Å². The molecule has 0 radical (unpaired) electrons. The number of piperidine rings is 1. The van der Waals surface area contributed by atoms with Gasteiger partial charge in [-0.15, -0.1) is 11.6 Å². The highest BCUT2D eigenvalue weighted by Gasteiger charge is 2.50. The Labute approximate surface area is 197 Å². The van der Waals surface area contributed by atoms with E-state index in [9.17, 15) is 28.0 Å². The Morgan fingerprint density at radius 3 is 2.61 bits per heavy atom. The van der Waals surface area contributed by atoms with E-state index < -0.39 is 29.7 Å². The van der Waals surface area contributed by atoms with Crippen LogP contribution < -0.4 is 10.6 Å². The second-order valence-electron chi connectivity index (χ2n) is 10.3. The van der Waals surface area contributed by atoms with Crippen LogP contribution in [0.5, 0.6) is 0 Å². The van der Waals surface area contributed by atoms with E-state index >= 15 is 0 Å². The number of hydrogen-bond acceptors (Lipinski definition) is 4. The molecule has 2 aliphatic carbocycles. The third-order valence-electron chi connectivity index (χ3n) is 8.17. The van der Waals surface area contributed by atoms with Crippen molar-refractivity contribution in [2.75, 3.05) is 13.1 Å². The first kappa shape index (κ1) is 24.4. The number of alkyl halides is 3. The first-order valence-corrected chi connectivity index (χ1v) is 12.5. The Bertz CT molecular complexity index is 826. The van der Waals surface area contributed by atoms with Crippen molar-refractivity contribution in [3.63, 3.8) is 0 Å². The SMILES string of the molecule is CC1CCC(C(F)(F)C(=O)NCC2CCC3C(=O)N(C4CCC(=O)NC4=O)CC3C2)CC1Cl. The fourth-order valence-electron chi connectivity index (χ4n) is 6.03. The summed E-state index contributed by atoms with van der Waals surface area (Å²) in [7, 11) is 0. The minimum Gasteiger partial charge on any atom is -0.351 e. The minimum atomic E-state index is -3.45. The summed E-state index contributed by atoms with van der Waals surface area (Å²) < 4.78 is 29.5. The summed E-state index contributed by atoms with van der Waals surface area (Å²) >= 11 is 6.18. The summed E-state index contributed by atoms with van der Waals surface area (Å²) in [6, 6.07) is -0.624. The van der Waals surface area contributed by atoms with E-state index in [4.69, 9.17) is 11.6 Å². The molecule has 0 bridgehead atoms. The van der Waals surface area contributed by atoms with Gasteiger partial charge in [-0.3, -0.25) is 24.5 Å². The lowest BCUT2D eigenvalue weighted by Crippen LogP contribution is -2.53. The average Bonchev–Trinajstić information content (AvgIpc) is 3.09. The van der Waals surface area contributed by atoms with Crippen LogP contribution in [-0.2, 0) is 19.2 Å². The maximum Gasteiger partial charge on any atom is 0.327 e. The number of carbonyl (C=O) groups excluding carboxylic acids is 4. The molecule has 2 heterocycles. The maximum absolute atomic E-state index is 14.8. The van der Waals surface area contributed by atoms with E-state index in [2.05, 4.69) is 10.6 Å². The summed E-state index contributed by atoms with van der Waals surface area (Å²) in [5.74, 6) is -6.52. The van der Waals surface area contributed by atoms with Crippen LogP contribution >= 0.6 is 11.6 Å². The number of rotatable bonds is 5. The first-order valence-electron chi connectivity index (χ1n) is 12.0. The molecule has 4 rings (SSSR count). The van der Waals surface area contributed by atoms with Crippen LogP contribution in [-0.4, -0.2) is 59.0 Å². The summed E-state index contributed by atoms with van der Waals surface area (Å²) in [6.07, 6.45) is 3.45. The Morgan fingerprint density at radius 2 is 1.91 bits per heavy atom. The average molecular weight is 488 g/mol. The molecule has 0 aromatic heterocycles. The molecule has 7 nitrogen and oxygen atoms in total. The van der Waals surface area contributed by atoms with Crippen molar-refractivity contribution in [3.8, 4) is 0 Å². The number of halogens is 3. The highest BCUT2D eigenvalue weighted by Crippen LogP contribution is 2.42. The third kappa shape index (κ3) is 4.88. The first-order chi connectivity index (χ1) is 15.6. The fraction of sp³-hybridized carbons (Fsp3) is 0.826. The standard InChI is InChI=1S/C23H32ClF2N3O4/c1-12-2-4-15(9-17(12)24)23(25,26)22(33)27-10-13-3-5-16-14(8-13)11-29(21(16)32)18-6-7-19(30)28-20(18)31/h12-18H,2-11H2,1H3,(H,27,33)(H,28,30,31). The van der Waals surface area contributed by atoms with Crippen LogP contribution in [0.25, 0.3) is 0 Å². The highest BCUT2D eigenvalue weighted by atomic mass is 35.5. The van der Waals surface area contributed by atoms with Crippen LogP contribution in [0.1, 0.15) is 58.3 Å². The van der Waals surface area contributed by atoms with E-state index in [1.807, 2.05) is 6.92 Å². The number of hydrogen-bond donors (Lipinski definition) is 2. The summed E-state index contributed by atoms with van der Waals surface area (Å²) in [5, 5.41) is 4.42. The lowest BCUT2D eigenvalue weighted by Gasteiger charge is -2.35. The Hall–Kier alpha value is -1.77. The molecule has 0 spiro atoms. The van der Waals surface area contributed by atoms with Gasteiger partial charge in [0.05, 0.1) is 0 Å². The maximum atomic E-state index is 14.8. The van der Waals surface area contributed by atoms with E-state index in [1.54, 1.807) is 4.90 Å². The van der Waals surface area contributed by atoms with Crippen LogP contribution in [0.3, 0.4) is 0 Å². The zero-order valence-electron chi connectivity index (χ0n) is 18.8. The molecule has 0 aromatic carbocycles. The third-order valence-corrected chi connectivity index (χ3v) is 8.78. The highest BCUT2D eigenvalue weighted by molar-refractivity contribution is 6.20. The molecule has 4 amide bonds. The van der Waals surface area contributed by atoms with Crippen LogP contribution in [0, 0.1) is 29.6 Å². The molecule has 2 N–H and O–H groups in total. The molecule has 0 aromatic rings. The topological polar surface area (TPSA) is 95.6 Å². The quantitative estimate of drug-likeness (QED) is 0.460. The molecule has 33 heavy (non-hydrogen) atoms. The van der Waals surface area contributed by atoms with Gasteiger partial charge in [-0.25, -0.2) is 0 Å². The van der Waals surface area contributed by atoms with Gasteiger partial charge in [-0.05, 0) is 62.7 Å². The van der Waals surface area contributed by atoms with E-state index in [-0.39, 0.29) is 66.7 Å². The molecule has 4 fully saturated rings. The molecule has 7 atom stereocenters. The van der Waals surface area contributed by atoms with Crippen molar-refractivity contribution < 1.29 is 28.0 Å². The molecule has 184 valence electrons. The number of nitrogens with one attached hydrogen (secondary N) is 2. The van der Waals surface area contributed by atoms with E-state index in [0.717, 1.165) is 0 Å². The normalized spacial score (nSPS) is 37.5. The second kappa shape index (κ2) is 9.47. The predicted octanol–water partition coefficient (Wildman–Crippen LogP) is 2.46. The van der Waals surface area contributed by atoms with Crippen molar-refractivity contribution >= 4 is 35.2 Å². The molecule has 2 aliphatic heterocycles. The fourth-order valence-corrected chi connectivity index (χ4v) is 6.37. The molecular formula is C23H32ClF2N3O4. The van der Waals surface area contributed by atoms with Gasteiger partial charge >= 0.3 is 5.92 Å². The minimum absolute atomic E-state index is 0.00710. The van der Waals surface area contributed by atoms with Gasteiger partial charge < -0.3 is 10.2 Å². The van der Waals surface area contributed by atoms with Gasteiger partial charge in [-0.2, -0.15) is 8.78 Å². The van der Waals surface area contributed by atoms with Crippen molar-refractivity contribution in [2.24, 2.45) is 29.6 Å². The van der Waals surface area contributed by atoms with Gasteiger partial charge in [0.1, 0.15) is 6.04 Å². The largest absolute Gasteiger partial charge is 0.351 e. The van der Waals surface area contributed by atoms with Crippen LogP contribution in [0.15, 0.2) is 0 Å². The molecular weight excluding hydrogens is 456 g/mol. The zero-order chi connectivity index (χ0) is 23.9. The van der Waals surface area contributed by atoms with Gasteiger partial charge in [0.25, 0.3) is 5.91 Å². The Kier molecular flexibility index (Phi) is 6.99. The van der Waals surface area contributed by atoms with Crippen molar-refractivity contribution in [1.82, 2.24) is 15.5 Å². The number of nitrogens with zero attached hydrogens (tertiary/aromatic N) is 1. The summed E-state index contributed by atoms with van der Waals surface area (Å²) in [6.45, 7) is 2.52. The van der Waals surface area contributed by atoms with E-state index in [1.165, 1.54) is 0 Å². The molecule has 2 saturated carbocycles. The van der Waals surface area contributed by atoms with Gasteiger partial charge in [0.15, 0.2) is 0 Å². The molecule has 10 heteroatoms. The van der Waals surface area contributed by atoms with E-state index in [0.29, 0.717) is 38.6 Å². The lowest BCUT2D eigenvalue weighted by molar-refractivity contribution is -0.156. The predicted molar refractivity (Wildman–Crippen MR) is 116 cm³/mol. The number of fused-ring (bicyclic) bond motifs is 1. The van der Waals surface area contributed by atoms with Gasteiger partial charge in [-0.1, -0.05) is 6.92 Å². The molecule has 7 unspecified atom stereocenters. The molecule has 2 saturated heterocycles. The van der Waals surface area contributed by atoms with Crippen molar-refractivity contribution in [1.29, 1.82) is 0 Å². The number of amides is 4. The monoisotopic (exact) mass is 487 g/mol. The zero-order valence-corrected chi connectivity index (χ0v) is 19.6. The second-order valence-corrected chi connectivity index (χ2v) is 10.9. The number of likely N-dealkylation sites (tertiary alicyclic amines) is 1. The Balaban J connectivity index is 1.29. The van der Waals surface area contributed by atoms with Crippen molar-refractivity contribution in [3.05, 3.63) is 0 Å². The van der Waals surface area contributed by atoms with Gasteiger partial charge in [0, 0.05) is 36.7 Å². The summed E-state index contributed by atoms with van der Waals surface area (Å²) in [4.78, 5) is 50.4. The van der Waals surface area contributed by atoms with Crippen LogP contribution in [0.4, 0.5) is 8.78 Å². The number of imide groups is 1. The lowest BCUT2D eigenvalue weighted by atomic mass is 9.75.